The van der Waals surface area contributed by atoms with Crippen molar-refractivity contribution in [1.29, 1.82) is 0 Å². The maximum Gasteiger partial charge on any atom is 0.0699 e. The van der Waals surface area contributed by atoms with Crippen molar-refractivity contribution in [3.8, 4) is 0 Å². The first-order valence-corrected chi connectivity index (χ1v) is 16.6. The summed E-state index contributed by atoms with van der Waals surface area (Å²) in [7, 11) is 0. The van der Waals surface area contributed by atoms with Crippen molar-refractivity contribution in [2.45, 2.75) is 60.8 Å². The molecule has 0 heterocycles. The van der Waals surface area contributed by atoms with Crippen LogP contribution in [0, 0.1) is 0 Å². The first-order valence-electron chi connectivity index (χ1n) is 15.5. The Kier molecular flexibility index (Phi) is 6.33. The van der Waals surface area contributed by atoms with Crippen LogP contribution in [0.15, 0.2) is 126 Å². The molecule has 3 aromatic carbocycles. The summed E-state index contributed by atoms with van der Waals surface area (Å²) < 4.78 is 0.0298. The van der Waals surface area contributed by atoms with Gasteiger partial charge in [0.1, 0.15) is 0 Å². The summed E-state index contributed by atoms with van der Waals surface area (Å²) in [5, 5.41) is 2.76. The Hall–Kier alpha value is -3.37. The lowest BCUT2D eigenvalue weighted by Crippen LogP contribution is -2.34. The van der Waals surface area contributed by atoms with Crippen LogP contribution in [-0.2, 0) is 3.42 Å². The Balaban J connectivity index is 1.18. The van der Waals surface area contributed by atoms with Gasteiger partial charge < -0.3 is 4.90 Å². The zero-order valence-corrected chi connectivity index (χ0v) is 26.5. The van der Waals surface area contributed by atoms with Gasteiger partial charge in [0, 0.05) is 23.2 Å². The monoisotopic (exact) mass is 657 g/mol. The van der Waals surface area contributed by atoms with Gasteiger partial charge >= 0.3 is 0 Å². The number of hydrogen-bond acceptors (Lipinski definition) is 1. The van der Waals surface area contributed by atoms with Crippen LogP contribution in [0.2, 0.25) is 0 Å². The van der Waals surface area contributed by atoms with E-state index in [1.807, 2.05) is 0 Å². The molecule has 5 aliphatic rings. The van der Waals surface area contributed by atoms with Crippen LogP contribution < -0.4 is 0 Å². The first kappa shape index (κ1) is 26.3. The molecular weight excluding hydrogens is 621 g/mol. The van der Waals surface area contributed by atoms with Gasteiger partial charge in [-0.3, -0.25) is 0 Å². The molecule has 0 fully saturated rings. The van der Waals surface area contributed by atoms with E-state index in [-0.39, 0.29) is 3.42 Å². The zero-order valence-electron chi connectivity index (χ0n) is 24.4. The second-order valence-corrected chi connectivity index (χ2v) is 14.7. The van der Waals surface area contributed by atoms with E-state index in [2.05, 4.69) is 157 Å². The van der Waals surface area contributed by atoms with E-state index in [0.717, 1.165) is 25.7 Å². The van der Waals surface area contributed by atoms with Crippen molar-refractivity contribution in [2.75, 3.05) is 0 Å². The molecule has 4 unspecified atom stereocenters. The lowest BCUT2D eigenvalue weighted by atomic mass is 9.86. The molecule has 0 amide bonds. The minimum Gasteiger partial charge on any atom is -0.338 e. The second kappa shape index (κ2) is 10.1. The number of hydrogen-bond donors (Lipinski definition) is 0. The van der Waals surface area contributed by atoms with Crippen LogP contribution in [0.4, 0.5) is 0 Å². The number of allylic oxidation sites excluding steroid dienone is 10. The molecule has 0 bridgehead atoms. The topological polar surface area (TPSA) is 3.24 Å². The van der Waals surface area contributed by atoms with Crippen LogP contribution in [0.5, 0.6) is 0 Å². The fourth-order valence-electron chi connectivity index (χ4n) is 7.87. The summed E-state index contributed by atoms with van der Waals surface area (Å²) in [6.45, 7) is 4.68. The molecule has 208 valence electrons. The van der Waals surface area contributed by atoms with Crippen LogP contribution >= 0.6 is 22.6 Å². The highest BCUT2D eigenvalue weighted by molar-refractivity contribution is 14.1. The van der Waals surface area contributed by atoms with Gasteiger partial charge in [-0.2, -0.15) is 0 Å². The van der Waals surface area contributed by atoms with Gasteiger partial charge in [0.2, 0.25) is 0 Å². The third-order valence-electron chi connectivity index (χ3n) is 9.97. The minimum absolute atomic E-state index is 0.0298. The van der Waals surface area contributed by atoms with Gasteiger partial charge in [-0.05, 0) is 94.5 Å². The van der Waals surface area contributed by atoms with E-state index < -0.39 is 0 Å². The standard InChI is InChI=1S/C40H36IN/c1-26-15-16-27-17-18-30-23-29(19-21-34(30)39(26)27)28-9-8-12-32(24-28)42(31-10-4-3-5-11-31)33-20-22-38-36(25-33)35-13-6-7-14-37(35)40(38,2)41/h3-4,6-8,10,12-19,21-26,28,33H,5,9,11,20H2,1-2H3. The van der Waals surface area contributed by atoms with E-state index in [9.17, 15) is 0 Å². The van der Waals surface area contributed by atoms with Crippen LogP contribution in [0.3, 0.4) is 0 Å². The predicted molar refractivity (Wildman–Crippen MR) is 187 cm³/mol. The van der Waals surface area contributed by atoms with E-state index >= 15 is 0 Å². The fourth-order valence-corrected chi connectivity index (χ4v) is 8.85. The Morgan fingerprint density at radius 3 is 2.74 bits per heavy atom. The van der Waals surface area contributed by atoms with E-state index in [1.54, 1.807) is 0 Å². The number of halogens is 1. The number of rotatable bonds is 4. The molecule has 0 spiro atoms. The molecule has 1 nitrogen and oxygen atoms in total. The Bertz CT molecular complexity index is 1840. The van der Waals surface area contributed by atoms with Gasteiger partial charge in [0.25, 0.3) is 0 Å². The highest BCUT2D eigenvalue weighted by atomic mass is 127. The Morgan fingerprint density at radius 2 is 1.86 bits per heavy atom. The normalized spacial score (nSPS) is 27.2. The molecule has 4 atom stereocenters. The van der Waals surface area contributed by atoms with Crippen molar-refractivity contribution in [3.05, 3.63) is 154 Å². The van der Waals surface area contributed by atoms with Gasteiger partial charge in [0.15, 0.2) is 0 Å². The van der Waals surface area contributed by atoms with Crippen LogP contribution in [0.1, 0.15) is 79.2 Å². The van der Waals surface area contributed by atoms with E-state index in [4.69, 9.17) is 0 Å². The SMILES string of the molecule is CC1C=Cc2ccc3cc(C4C=C(N(C5=CC=CCC5)C5C=C6C(=CC5)C(C)(I)c5ccccc56)C=CC4)ccc3c21. The number of benzene rings is 3. The maximum absolute atomic E-state index is 2.66. The smallest absolute Gasteiger partial charge is 0.0699 e. The minimum atomic E-state index is 0.0298. The van der Waals surface area contributed by atoms with Gasteiger partial charge in [-0.15, -0.1) is 0 Å². The highest BCUT2D eigenvalue weighted by Gasteiger charge is 2.42. The van der Waals surface area contributed by atoms with Crippen molar-refractivity contribution < 1.29 is 0 Å². The third-order valence-corrected chi connectivity index (χ3v) is 11.1. The molecule has 3 aromatic rings. The summed E-state index contributed by atoms with van der Waals surface area (Å²) in [6, 6.07) is 21.1. The maximum atomic E-state index is 2.66. The predicted octanol–water partition coefficient (Wildman–Crippen LogP) is 10.9. The van der Waals surface area contributed by atoms with Gasteiger partial charge in [-0.25, -0.2) is 0 Å². The molecule has 42 heavy (non-hydrogen) atoms. The van der Waals surface area contributed by atoms with Crippen molar-refractivity contribution >= 4 is 45.0 Å². The summed E-state index contributed by atoms with van der Waals surface area (Å²) in [5.41, 5.74) is 12.8. The molecule has 0 aliphatic heterocycles. The van der Waals surface area contributed by atoms with Crippen molar-refractivity contribution in [1.82, 2.24) is 4.90 Å². The average molecular weight is 658 g/mol. The molecular formula is C40H36IN. The zero-order chi connectivity index (χ0) is 28.4. The highest BCUT2D eigenvalue weighted by Crippen LogP contribution is 2.55. The number of nitrogens with zero attached hydrogens (tertiary/aromatic N) is 1. The van der Waals surface area contributed by atoms with Crippen LogP contribution in [-0.4, -0.2) is 10.9 Å². The summed E-state index contributed by atoms with van der Waals surface area (Å²) in [4.78, 5) is 2.65. The molecule has 0 radical (unpaired) electrons. The molecule has 5 aliphatic carbocycles. The fraction of sp³-hybridized carbons (Fsp3) is 0.250. The molecule has 0 saturated carbocycles. The Morgan fingerprint density at radius 1 is 0.952 bits per heavy atom. The molecule has 2 heteroatoms. The number of fused-ring (bicyclic) bond motifs is 6. The third kappa shape index (κ3) is 4.17. The average Bonchev–Trinajstić information content (AvgIpc) is 3.52. The van der Waals surface area contributed by atoms with Crippen molar-refractivity contribution in [2.24, 2.45) is 0 Å². The lowest BCUT2D eigenvalue weighted by Gasteiger charge is -2.39. The summed E-state index contributed by atoms with van der Waals surface area (Å²) in [5.74, 6) is 0.855. The Labute approximate surface area is 263 Å². The summed E-state index contributed by atoms with van der Waals surface area (Å²) >= 11 is 2.66. The van der Waals surface area contributed by atoms with E-state index in [1.165, 1.54) is 61.1 Å². The summed E-state index contributed by atoms with van der Waals surface area (Å²) in [6.07, 6.45) is 28.2. The van der Waals surface area contributed by atoms with Crippen molar-refractivity contribution in [3.63, 3.8) is 0 Å². The first-order chi connectivity index (χ1) is 20.5. The quantitative estimate of drug-likeness (QED) is 0.199. The van der Waals surface area contributed by atoms with Gasteiger partial charge in [-0.1, -0.05) is 133 Å². The molecule has 0 saturated heterocycles. The van der Waals surface area contributed by atoms with Crippen LogP contribution in [0.25, 0.3) is 22.4 Å². The largest absolute Gasteiger partial charge is 0.338 e. The molecule has 8 rings (SSSR count). The van der Waals surface area contributed by atoms with E-state index in [0.29, 0.717) is 17.9 Å². The molecule has 0 aromatic heterocycles. The molecule has 0 N–H and O–H groups in total. The number of alkyl halides is 1. The lowest BCUT2D eigenvalue weighted by molar-refractivity contribution is 0.354. The second-order valence-electron chi connectivity index (χ2n) is 12.6. The van der Waals surface area contributed by atoms with Gasteiger partial charge in [0.05, 0.1) is 9.46 Å².